The van der Waals surface area contributed by atoms with Crippen LogP contribution in [0.25, 0.3) is 0 Å². The minimum atomic E-state index is -0.188. The van der Waals surface area contributed by atoms with Crippen LogP contribution in [0.3, 0.4) is 0 Å². The van der Waals surface area contributed by atoms with Gasteiger partial charge >= 0.3 is 0 Å². The maximum Gasteiger partial charge on any atom is 0.268 e. The van der Waals surface area contributed by atoms with E-state index in [2.05, 4.69) is 10.3 Å². The summed E-state index contributed by atoms with van der Waals surface area (Å²) in [7, 11) is 3.15. The summed E-state index contributed by atoms with van der Waals surface area (Å²) in [5, 5.41) is 3.38. The van der Waals surface area contributed by atoms with Gasteiger partial charge in [0.15, 0.2) is 5.16 Å². The van der Waals surface area contributed by atoms with Gasteiger partial charge in [0.2, 0.25) is 5.91 Å². The molecule has 7 nitrogen and oxygen atoms in total. The molecule has 3 rings (SSSR count). The van der Waals surface area contributed by atoms with Crippen LogP contribution >= 0.6 is 23.5 Å². The van der Waals surface area contributed by atoms with Gasteiger partial charge in [-0.1, -0.05) is 23.9 Å². The normalized spacial score (nSPS) is 12.7. The summed E-state index contributed by atoms with van der Waals surface area (Å²) in [6, 6.07) is 7.23. The SMILES string of the molecule is COCCn1c(SCC(=O)Nc2ccccc2OC)nc2c(c1=O)SCC2. The Bertz CT molecular complexity index is 885. The molecular weight excluding hydrogens is 386 g/mol. The topological polar surface area (TPSA) is 82.4 Å². The monoisotopic (exact) mass is 407 g/mol. The number of nitrogens with zero attached hydrogens (tertiary/aromatic N) is 2. The van der Waals surface area contributed by atoms with Gasteiger partial charge < -0.3 is 14.8 Å². The number of benzene rings is 1. The van der Waals surface area contributed by atoms with E-state index in [1.54, 1.807) is 42.7 Å². The Morgan fingerprint density at radius 1 is 1.37 bits per heavy atom. The number of carbonyl (C=O) groups is 1. The van der Waals surface area contributed by atoms with E-state index < -0.39 is 0 Å². The number of rotatable bonds is 8. The van der Waals surface area contributed by atoms with Gasteiger partial charge in [-0.2, -0.15) is 0 Å². The molecular formula is C18H21N3O4S2. The van der Waals surface area contributed by atoms with Crippen molar-refractivity contribution in [3.8, 4) is 5.75 Å². The summed E-state index contributed by atoms with van der Waals surface area (Å²) < 4.78 is 12.0. The second-order valence-corrected chi connectivity index (χ2v) is 7.80. The quantitative estimate of drug-likeness (QED) is 0.531. The maximum atomic E-state index is 12.7. The van der Waals surface area contributed by atoms with E-state index in [4.69, 9.17) is 9.47 Å². The zero-order chi connectivity index (χ0) is 19.2. The van der Waals surface area contributed by atoms with Gasteiger partial charge in [-0.3, -0.25) is 14.2 Å². The largest absolute Gasteiger partial charge is 0.495 e. The number of hydrogen-bond acceptors (Lipinski definition) is 7. The van der Waals surface area contributed by atoms with Crippen molar-refractivity contribution in [2.45, 2.75) is 23.0 Å². The first kappa shape index (κ1) is 19.8. The van der Waals surface area contributed by atoms with Gasteiger partial charge in [0.1, 0.15) is 5.75 Å². The molecule has 0 fully saturated rings. The Morgan fingerprint density at radius 3 is 2.96 bits per heavy atom. The number of amides is 1. The molecule has 0 atom stereocenters. The number of aromatic nitrogens is 2. The molecule has 1 aromatic heterocycles. The summed E-state index contributed by atoms with van der Waals surface area (Å²) >= 11 is 2.79. The van der Waals surface area contributed by atoms with Crippen molar-refractivity contribution in [1.82, 2.24) is 9.55 Å². The highest BCUT2D eigenvalue weighted by Gasteiger charge is 2.22. The summed E-state index contributed by atoms with van der Waals surface area (Å²) in [4.78, 5) is 30.4. The van der Waals surface area contributed by atoms with E-state index in [-0.39, 0.29) is 17.2 Å². The molecule has 27 heavy (non-hydrogen) atoms. The molecule has 1 aliphatic heterocycles. The Morgan fingerprint density at radius 2 is 2.19 bits per heavy atom. The first-order chi connectivity index (χ1) is 13.1. The average molecular weight is 408 g/mol. The van der Waals surface area contributed by atoms with Crippen molar-refractivity contribution in [1.29, 1.82) is 0 Å². The molecule has 0 radical (unpaired) electrons. The molecule has 0 saturated heterocycles. The number of aryl methyl sites for hydroxylation is 1. The van der Waals surface area contributed by atoms with Crippen LogP contribution in [0.5, 0.6) is 5.75 Å². The van der Waals surface area contributed by atoms with E-state index in [0.29, 0.717) is 34.6 Å². The number of nitrogens with one attached hydrogen (secondary N) is 1. The third-order valence-electron chi connectivity index (χ3n) is 3.98. The molecule has 0 bridgehead atoms. The molecule has 1 aliphatic rings. The lowest BCUT2D eigenvalue weighted by Crippen LogP contribution is -2.27. The molecule has 2 heterocycles. The van der Waals surface area contributed by atoms with Gasteiger partial charge in [0, 0.05) is 19.3 Å². The maximum absolute atomic E-state index is 12.7. The molecule has 144 valence electrons. The van der Waals surface area contributed by atoms with E-state index in [1.807, 2.05) is 12.1 Å². The Kier molecular flexibility index (Phi) is 6.81. The van der Waals surface area contributed by atoms with Crippen molar-refractivity contribution in [2.24, 2.45) is 0 Å². The molecule has 1 amide bonds. The van der Waals surface area contributed by atoms with Gasteiger partial charge in [-0.25, -0.2) is 4.98 Å². The van der Waals surface area contributed by atoms with Crippen LogP contribution in [-0.4, -0.2) is 47.8 Å². The van der Waals surface area contributed by atoms with E-state index in [1.165, 1.54) is 11.8 Å². The average Bonchev–Trinajstić information content (AvgIpc) is 3.15. The number of carbonyl (C=O) groups excluding carboxylic acids is 1. The second-order valence-electron chi connectivity index (χ2n) is 5.76. The van der Waals surface area contributed by atoms with Gasteiger partial charge in [0.25, 0.3) is 5.56 Å². The fourth-order valence-electron chi connectivity index (χ4n) is 2.68. The first-order valence-electron chi connectivity index (χ1n) is 8.45. The van der Waals surface area contributed by atoms with E-state index >= 15 is 0 Å². The zero-order valence-corrected chi connectivity index (χ0v) is 16.8. The van der Waals surface area contributed by atoms with Crippen LogP contribution in [0, 0.1) is 0 Å². The lowest BCUT2D eigenvalue weighted by Gasteiger charge is -2.13. The lowest BCUT2D eigenvalue weighted by atomic mass is 10.3. The zero-order valence-electron chi connectivity index (χ0n) is 15.2. The molecule has 0 aliphatic carbocycles. The van der Waals surface area contributed by atoms with Crippen LogP contribution < -0.4 is 15.6 Å². The highest BCUT2D eigenvalue weighted by molar-refractivity contribution is 8.00. The first-order valence-corrected chi connectivity index (χ1v) is 10.4. The Balaban J connectivity index is 1.74. The number of fused-ring (bicyclic) bond motifs is 1. The predicted octanol–water partition coefficient (Wildman–Crippen LogP) is 2.28. The number of ether oxygens (including phenoxy) is 2. The summed E-state index contributed by atoms with van der Waals surface area (Å²) in [6.45, 7) is 0.818. The Labute approximate surface area is 165 Å². The highest BCUT2D eigenvalue weighted by atomic mass is 32.2. The number of thioether (sulfide) groups is 2. The van der Waals surface area contributed by atoms with Gasteiger partial charge in [-0.05, 0) is 12.1 Å². The lowest BCUT2D eigenvalue weighted by molar-refractivity contribution is -0.113. The molecule has 1 N–H and O–H groups in total. The van der Waals surface area contributed by atoms with Crippen LogP contribution in [0.15, 0.2) is 39.1 Å². The van der Waals surface area contributed by atoms with Crippen molar-refractivity contribution >= 4 is 35.1 Å². The highest BCUT2D eigenvalue weighted by Crippen LogP contribution is 2.29. The number of para-hydroxylation sites is 2. The smallest absolute Gasteiger partial charge is 0.268 e. The number of methoxy groups -OCH3 is 2. The van der Waals surface area contributed by atoms with Crippen LogP contribution in [0.4, 0.5) is 5.69 Å². The van der Waals surface area contributed by atoms with Crippen LogP contribution in [0.2, 0.25) is 0 Å². The minimum Gasteiger partial charge on any atom is -0.495 e. The van der Waals surface area contributed by atoms with Crippen LogP contribution in [0.1, 0.15) is 5.69 Å². The second kappa shape index (κ2) is 9.29. The third-order valence-corrected chi connectivity index (χ3v) is 6.06. The standard InChI is InChI=1S/C18H21N3O4S2/c1-24-9-8-21-17(23)16-13(7-10-26-16)20-18(21)27-11-15(22)19-12-5-3-4-6-14(12)25-2/h3-6H,7-11H2,1-2H3,(H,19,22). The third kappa shape index (κ3) is 4.66. The fourth-order valence-corrected chi connectivity index (χ4v) is 4.56. The molecule has 1 aromatic carbocycles. The minimum absolute atomic E-state index is 0.0489. The van der Waals surface area contributed by atoms with Crippen molar-refractivity contribution in [3.63, 3.8) is 0 Å². The molecule has 9 heteroatoms. The molecule has 2 aromatic rings. The van der Waals surface area contributed by atoms with Crippen molar-refractivity contribution < 1.29 is 14.3 Å². The van der Waals surface area contributed by atoms with Gasteiger partial charge in [-0.15, -0.1) is 11.8 Å². The fraction of sp³-hybridized carbons (Fsp3) is 0.389. The van der Waals surface area contributed by atoms with Crippen LogP contribution in [-0.2, 0) is 22.5 Å². The summed E-state index contributed by atoms with van der Waals surface area (Å²) in [6.07, 6.45) is 0.779. The van der Waals surface area contributed by atoms with E-state index in [0.717, 1.165) is 17.9 Å². The van der Waals surface area contributed by atoms with E-state index in [9.17, 15) is 9.59 Å². The Hall–Kier alpha value is -1.97. The summed E-state index contributed by atoms with van der Waals surface area (Å²) in [5.41, 5.74) is 1.39. The molecule has 0 spiro atoms. The number of anilines is 1. The predicted molar refractivity (Wildman–Crippen MR) is 107 cm³/mol. The van der Waals surface area contributed by atoms with Gasteiger partial charge in [0.05, 0.1) is 42.3 Å². The summed E-state index contributed by atoms with van der Waals surface area (Å²) in [5.74, 6) is 1.42. The van der Waals surface area contributed by atoms with Crippen molar-refractivity contribution in [2.75, 3.05) is 37.6 Å². The van der Waals surface area contributed by atoms with Crippen molar-refractivity contribution in [3.05, 3.63) is 40.3 Å². The number of hydrogen-bond donors (Lipinski definition) is 1. The molecule has 0 saturated carbocycles. The molecule has 0 unspecified atom stereocenters.